The lowest BCUT2D eigenvalue weighted by Gasteiger charge is -2.25. The van der Waals surface area contributed by atoms with Gasteiger partial charge < -0.3 is 10.2 Å². The average molecular weight is 316 g/mol. The summed E-state index contributed by atoms with van der Waals surface area (Å²) in [5, 5.41) is 3.62. The van der Waals surface area contributed by atoms with Gasteiger partial charge in [0.25, 0.3) is 5.91 Å². The van der Waals surface area contributed by atoms with Crippen LogP contribution < -0.4 is 10.2 Å². The van der Waals surface area contributed by atoms with Crippen LogP contribution in [0.2, 0.25) is 5.02 Å². The number of benzene rings is 2. The third-order valence-corrected chi connectivity index (χ3v) is 4.43. The summed E-state index contributed by atoms with van der Waals surface area (Å²) in [4.78, 5) is 13.6. The molecule has 1 atom stereocenters. The summed E-state index contributed by atoms with van der Waals surface area (Å²) in [5.74, 6) is 0.0414. The zero-order valence-electron chi connectivity index (χ0n) is 12.7. The molecule has 0 aromatic heterocycles. The van der Waals surface area contributed by atoms with Crippen molar-refractivity contribution in [2.24, 2.45) is 0 Å². The van der Waals surface area contributed by atoms with E-state index in [0.717, 1.165) is 30.8 Å². The predicted octanol–water partition coefficient (Wildman–Crippen LogP) is 2.23. The van der Waals surface area contributed by atoms with E-state index in [2.05, 4.69) is 29.6 Å². The van der Waals surface area contributed by atoms with E-state index in [4.69, 9.17) is 11.6 Å². The molecule has 3 rings (SSSR count). The van der Waals surface area contributed by atoms with Gasteiger partial charge in [-0.15, -0.1) is 0 Å². The third kappa shape index (κ3) is 3.49. The number of carbonyl (C=O) groups excluding carboxylic acids is 1. The van der Waals surface area contributed by atoms with Gasteiger partial charge in [-0.2, -0.15) is 0 Å². The zero-order valence-corrected chi connectivity index (χ0v) is 13.4. The van der Waals surface area contributed by atoms with E-state index in [-0.39, 0.29) is 5.91 Å². The molecule has 2 N–H and O–H groups in total. The molecule has 0 fully saturated rings. The first-order valence-corrected chi connectivity index (χ1v) is 7.96. The molecule has 2 aromatic carbocycles. The second kappa shape index (κ2) is 6.51. The number of hydrogen-bond donors (Lipinski definition) is 2. The number of nitrogens with one attached hydrogen (secondary N) is 2. The van der Waals surface area contributed by atoms with Crippen LogP contribution in [-0.4, -0.2) is 19.0 Å². The minimum absolute atomic E-state index is 0.0414. The van der Waals surface area contributed by atoms with Gasteiger partial charge in [0.15, 0.2) is 6.54 Å². The van der Waals surface area contributed by atoms with Crippen molar-refractivity contribution in [1.29, 1.82) is 0 Å². The lowest BCUT2D eigenvalue weighted by Crippen LogP contribution is -3.12. The van der Waals surface area contributed by atoms with Crippen LogP contribution in [0.3, 0.4) is 0 Å². The summed E-state index contributed by atoms with van der Waals surface area (Å²) in [5.41, 5.74) is 4.60. The van der Waals surface area contributed by atoms with Crippen LogP contribution in [0.15, 0.2) is 42.5 Å². The molecule has 0 saturated heterocycles. The van der Waals surface area contributed by atoms with Gasteiger partial charge in [-0.25, -0.2) is 0 Å². The van der Waals surface area contributed by atoms with Gasteiger partial charge in [0.05, 0.1) is 6.54 Å². The minimum Gasteiger partial charge on any atom is -0.323 e. The highest BCUT2D eigenvalue weighted by Crippen LogP contribution is 2.19. The first kappa shape index (κ1) is 15.1. The van der Waals surface area contributed by atoms with Crippen molar-refractivity contribution in [2.45, 2.75) is 19.9 Å². The van der Waals surface area contributed by atoms with E-state index in [1.54, 1.807) is 6.07 Å². The van der Waals surface area contributed by atoms with Crippen molar-refractivity contribution >= 4 is 23.2 Å². The number of amides is 1. The molecule has 4 heteroatoms. The van der Waals surface area contributed by atoms with Crippen LogP contribution in [0, 0.1) is 6.92 Å². The second-order valence-electron chi connectivity index (χ2n) is 5.88. The lowest BCUT2D eigenvalue weighted by molar-refractivity contribution is -0.907. The lowest BCUT2D eigenvalue weighted by atomic mass is 10.00. The summed E-state index contributed by atoms with van der Waals surface area (Å²) in [6.45, 7) is 4.37. The number of aryl methyl sites for hydroxylation is 1. The van der Waals surface area contributed by atoms with Crippen molar-refractivity contribution in [3.8, 4) is 0 Å². The molecule has 1 amide bonds. The maximum absolute atomic E-state index is 12.3. The number of fused-ring (bicyclic) bond motifs is 1. The highest BCUT2D eigenvalue weighted by molar-refractivity contribution is 6.31. The summed E-state index contributed by atoms with van der Waals surface area (Å²) >= 11 is 5.99. The first-order valence-electron chi connectivity index (χ1n) is 7.58. The summed E-state index contributed by atoms with van der Waals surface area (Å²) < 4.78 is 0. The number of anilines is 1. The Morgan fingerprint density at radius 2 is 2.00 bits per heavy atom. The van der Waals surface area contributed by atoms with E-state index >= 15 is 0 Å². The normalized spacial score (nSPS) is 16.9. The molecule has 22 heavy (non-hydrogen) atoms. The van der Waals surface area contributed by atoms with Gasteiger partial charge in [-0.3, -0.25) is 4.79 Å². The molecule has 2 aromatic rings. The Labute approximate surface area is 135 Å². The zero-order chi connectivity index (χ0) is 15.5. The Balaban J connectivity index is 1.62. The molecule has 0 bridgehead atoms. The van der Waals surface area contributed by atoms with Crippen molar-refractivity contribution in [1.82, 2.24) is 0 Å². The van der Waals surface area contributed by atoms with Gasteiger partial charge in [0.1, 0.15) is 6.54 Å². The molecule has 1 aliphatic rings. The molecule has 0 aliphatic carbocycles. The Kier molecular flexibility index (Phi) is 4.46. The number of carbonyl (C=O) groups is 1. The monoisotopic (exact) mass is 315 g/mol. The van der Waals surface area contributed by atoms with E-state index < -0.39 is 0 Å². The van der Waals surface area contributed by atoms with Gasteiger partial charge in [-0.05, 0) is 30.2 Å². The highest BCUT2D eigenvalue weighted by atomic mass is 35.5. The van der Waals surface area contributed by atoms with Gasteiger partial charge in [0, 0.05) is 22.7 Å². The van der Waals surface area contributed by atoms with Crippen LogP contribution in [0.25, 0.3) is 0 Å². The van der Waals surface area contributed by atoms with Crippen LogP contribution >= 0.6 is 11.6 Å². The third-order valence-electron chi connectivity index (χ3n) is 4.19. The van der Waals surface area contributed by atoms with Crippen molar-refractivity contribution < 1.29 is 9.69 Å². The standard InChI is InChI=1S/C18H19ClN2O/c1-13-6-7-16(19)10-17(13)20-18(22)12-21-9-8-14-4-2-3-5-15(14)11-21/h2-7,10H,8-9,11-12H2,1H3,(H,20,22)/p+1. The fraction of sp³-hybridized carbons (Fsp3) is 0.278. The van der Waals surface area contributed by atoms with Gasteiger partial charge in [0.2, 0.25) is 0 Å². The number of rotatable bonds is 3. The van der Waals surface area contributed by atoms with E-state index in [1.165, 1.54) is 16.0 Å². The number of halogens is 1. The molecule has 114 valence electrons. The van der Waals surface area contributed by atoms with Crippen LogP contribution in [0.5, 0.6) is 0 Å². The summed E-state index contributed by atoms with van der Waals surface area (Å²) in [7, 11) is 0. The molecular formula is C18H20ClN2O+. The maximum atomic E-state index is 12.3. The largest absolute Gasteiger partial charge is 0.323 e. The van der Waals surface area contributed by atoms with Crippen molar-refractivity contribution in [2.75, 3.05) is 18.4 Å². The molecule has 0 saturated carbocycles. The quantitative estimate of drug-likeness (QED) is 0.895. The average Bonchev–Trinajstić information content (AvgIpc) is 2.51. The Morgan fingerprint density at radius 1 is 1.23 bits per heavy atom. The molecule has 0 radical (unpaired) electrons. The van der Waals surface area contributed by atoms with E-state index in [1.807, 2.05) is 19.1 Å². The first-order chi connectivity index (χ1) is 10.6. The fourth-order valence-corrected chi connectivity index (χ4v) is 3.12. The predicted molar refractivity (Wildman–Crippen MR) is 89.4 cm³/mol. The fourth-order valence-electron chi connectivity index (χ4n) is 2.94. The molecule has 1 heterocycles. The molecule has 3 nitrogen and oxygen atoms in total. The molecular weight excluding hydrogens is 296 g/mol. The number of hydrogen-bond acceptors (Lipinski definition) is 1. The van der Waals surface area contributed by atoms with E-state index in [0.29, 0.717) is 11.6 Å². The van der Waals surface area contributed by atoms with Gasteiger partial charge in [-0.1, -0.05) is 41.9 Å². The Hall–Kier alpha value is -1.84. The summed E-state index contributed by atoms with van der Waals surface area (Å²) in [6.07, 6.45) is 1.04. The highest BCUT2D eigenvalue weighted by Gasteiger charge is 2.21. The summed E-state index contributed by atoms with van der Waals surface area (Å²) in [6, 6.07) is 14.0. The topological polar surface area (TPSA) is 33.5 Å². The van der Waals surface area contributed by atoms with Crippen molar-refractivity contribution in [3.63, 3.8) is 0 Å². The van der Waals surface area contributed by atoms with Crippen LogP contribution in [0.4, 0.5) is 5.69 Å². The number of quaternary nitrogens is 1. The Bertz CT molecular complexity index is 699. The molecule has 0 spiro atoms. The second-order valence-corrected chi connectivity index (χ2v) is 6.32. The van der Waals surface area contributed by atoms with E-state index in [9.17, 15) is 4.79 Å². The minimum atomic E-state index is 0.0414. The molecule has 1 unspecified atom stereocenters. The van der Waals surface area contributed by atoms with Crippen molar-refractivity contribution in [3.05, 3.63) is 64.2 Å². The Morgan fingerprint density at radius 3 is 2.82 bits per heavy atom. The van der Waals surface area contributed by atoms with Crippen LogP contribution in [0.1, 0.15) is 16.7 Å². The SMILES string of the molecule is Cc1ccc(Cl)cc1NC(=O)C[NH+]1CCc2ccccc2C1. The molecule has 1 aliphatic heterocycles. The maximum Gasteiger partial charge on any atom is 0.279 e. The smallest absolute Gasteiger partial charge is 0.279 e. The van der Waals surface area contributed by atoms with Crippen LogP contribution in [-0.2, 0) is 17.8 Å². The van der Waals surface area contributed by atoms with Gasteiger partial charge >= 0.3 is 0 Å².